The van der Waals surface area contributed by atoms with Gasteiger partial charge in [-0.15, -0.1) is 11.8 Å². The molecule has 1 unspecified atom stereocenters. The number of benzene rings is 1. The van der Waals surface area contributed by atoms with Crippen molar-refractivity contribution in [2.24, 2.45) is 0 Å². The molecule has 1 aromatic rings. The maximum atomic E-state index is 5.67. The number of rotatable bonds is 8. The molecule has 0 saturated carbocycles. The second-order valence-electron chi connectivity index (χ2n) is 4.58. The summed E-state index contributed by atoms with van der Waals surface area (Å²) in [6.07, 6.45) is 4.24. The van der Waals surface area contributed by atoms with Gasteiger partial charge >= 0.3 is 0 Å². The minimum Gasteiger partial charge on any atom is -0.494 e. The fraction of sp³-hybridized carbons (Fsp3) is 0.529. The lowest BCUT2D eigenvalue weighted by molar-refractivity contribution is 0.309. The van der Waals surface area contributed by atoms with Crippen LogP contribution in [0.2, 0.25) is 0 Å². The first-order valence-electron chi connectivity index (χ1n) is 7.11. The molecule has 104 valence electrons. The summed E-state index contributed by atoms with van der Waals surface area (Å²) >= 11 is 0. The van der Waals surface area contributed by atoms with Gasteiger partial charge in [-0.25, -0.2) is 0 Å². The van der Waals surface area contributed by atoms with Crippen LogP contribution in [0, 0.1) is 11.8 Å². The van der Waals surface area contributed by atoms with Crippen molar-refractivity contribution >= 4 is 0 Å². The van der Waals surface area contributed by atoms with E-state index in [1.54, 1.807) is 0 Å². The summed E-state index contributed by atoms with van der Waals surface area (Å²) in [6.45, 7) is 4.86. The van der Waals surface area contributed by atoms with Crippen molar-refractivity contribution in [3.63, 3.8) is 0 Å². The van der Waals surface area contributed by atoms with Crippen molar-refractivity contribution in [1.29, 1.82) is 0 Å². The maximum Gasteiger partial charge on any atom is 0.119 e. The molecule has 19 heavy (non-hydrogen) atoms. The number of unbranched alkanes of at least 4 members (excludes halogenated alkanes) is 1. The van der Waals surface area contributed by atoms with Crippen LogP contribution < -0.4 is 10.1 Å². The third-order valence-corrected chi connectivity index (χ3v) is 3.13. The van der Waals surface area contributed by atoms with Gasteiger partial charge in [-0.3, -0.25) is 0 Å². The minimum atomic E-state index is 0.366. The predicted octanol–water partition coefficient (Wildman–Crippen LogP) is 3.93. The molecule has 0 radical (unpaired) electrons. The van der Waals surface area contributed by atoms with Crippen molar-refractivity contribution < 1.29 is 4.74 Å². The molecule has 0 aromatic heterocycles. The van der Waals surface area contributed by atoms with Crippen molar-refractivity contribution in [2.75, 3.05) is 13.7 Å². The third kappa shape index (κ3) is 5.81. The highest BCUT2D eigenvalue weighted by atomic mass is 16.5. The van der Waals surface area contributed by atoms with Gasteiger partial charge in [-0.2, -0.15) is 0 Å². The Kier molecular flexibility index (Phi) is 7.77. The zero-order valence-corrected chi connectivity index (χ0v) is 12.3. The van der Waals surface area contributed by atoms with Crippen LogP contribution in [-0.2, 0) is 0 Å². The summed E-state index contributed by atoms with van der Waals surface area (Å²) in [4.78, 5) is 0. The molecule has 0 bridgehead atoms. The van der Waals surface area contributed by atoms with Crippen molar-refractivity contribution in [2.45, 2.75) is 45.6 Å². The first kappa shape index (κ1) is 15.6. The first-order chi connectivity index (χ1) is 9.31. The lowest BCUT2D eigenvalue weighted by Gasteiger charge is -2.16. The van der Waals surface area contributed by atoms with Crippen LogP contribution in [0.4, 0.5) is 0 Å². The molecule has 1 N–H and O–H groups in total. The van der Waals surface area contributed by atoms with E-state index in [9.17, 15) is 0 Å². The summed E-state index contributed by atoms with van der Waals surface area (Å²) in [6, 6.07) is 8.76. The summed E-state index contributed by atoms with van der Waals surface area (Å²) < 4.78 is 5.67. The highest BCUT2D eigenvalue weighted by Gasteiger charge is 2.08. The Morgan fingerprint density at radius 2 is 2.00 bits per heavy atom. The second kappa shape index (κ2) is 9.47. The van der Waals surface area contributed by atoms with Crippen LogP contribution in [0.5, 0.6) is 5.75 Å². The van der Waals surface area contributed by atoms with E-state index in [-0.39, 0.29) is 0 Å². The fourth-order valence-electron chi connectivity index (χ4n) is 1.95. The third-order valence-electron chi connectivity index (χ3n) is 3.13. The first-order valence-corrected chi connectivity index (χ1v) is 7.11. The molecular formula is C17H25NO. The Morgan fingerprint density at radius 3 is 2.58 bits per heavy atom. The summed E-state index contributed by atoms with van der Waals surface area (Å²) in [5.74, 6) is 7.01. The Morgan fingerprint density at radius 1 is 1.26 bits per heavy atom. The van der Waals surface area contributed by atoms with E-state index in [0.29, 0.717) is 6.04 Å². The molecule has 2 nitrogen and oxygen atoms in total. The van der Waals surface area contributed by atoms with Crippen molar-refractivity contribution in [3.05, 3.63) is 29.8 Å². The molecule has 0 aliphatic rings. The number of nitrogens with one attached hydrogen (secondary N) is 1. The smallest absolute Gasteiger partial charge is 0.119 e. The number of hydrogen-bond acceptors (Lipinski definition) is 2. The van der Waals surface area contributed by atoms with Crippen LogP contribution in [0.15, 0.2) is 24.3 Å². The molecule has 0 spiro atoms. The Balaban J connectivity index is 2.53. The normalized spacial score (nSPS) is 11.5. The van der Waals surface area contributed by atoms with Gasteiger partial charge in [0.05, 0.1) is 6.61 Å². The van der Waals surface area contributed by atoms with E-state index in [4.69, 9.17) is 4.74 Å². The van der Waals surface area contributed by atoms with Gasteiger partial charge in [-0.05, 0) is 44.5 Å². The predicted molar refractivity (Wildman–Crippen MR) is 81.3 cm³/mol. The molecule has 1 aromatic carbocycles. The van der Waals surface area contributed by atoms with E-state index in [1.807, 2.05) is 14.0 Å². The monoisotopic (exact) mass is 259 g/mol. The van der Waals surface area contributed by atoms with Crippen LogP contribution in [0.25, 0.3) is 0 Å². The van der Waals surface area contributed by atoms with Gasteiger partial charge in [-0.1, -0.05) is 25.5 Å². The van der Waals surface area contributed by atoms with Gasteiger partial charge < -0.3 is 10.1 Å². The zero-order chi connectivity index (χ0) is 13.9. The quantitative estimate of drug-likeness (QED) is 0.564. The highest BCUT2D eigenvalue weighted by molar-refractivity contribution is 5.29. The lowest BCUT2D eigenvalue weighted by atomic mass is 10.0. The molecule has 0 fully saturated rings. The van der Waals surface area contributed by atoms with Crippen molar-refractivity contribution in [1.82, 2.24) is 5.32 Å². The average molecular weight is 259 g/mol. The summed E-state index contributed by atoms with van der Waals surface area (Å²) in [7, 11) is 2.00. The molecule has 0 aliphatic heterocycles. The average Bonchev–Trinajstić information content (AvgIpc) is 2.45. The highest BCUT2D eigenvalue weighted by Crippen LogP contribution is 2.21. The molecular weight excluding hydrogens is 234 g/mol. The van der Waals surface area contributed by atoms with E-state index in [0.717, 1.165) is 31.6 Å². The van der Waals surface area contributed by atoms with E-state index in [1.165, 1.54) is 12.0 Å². The van der Waals surface area contributed by atoms with Crippen LogP contribution >= 0.6 is 0 Å². The maximum absolute atomic E-state index is 5.67. The Labute approximate surface area is 117 Å². The zero-order valence-electron chi connectivity index (χ0n) is 12.3. The van der Waals surface area contributed by atoms with Crippen LogP contribution in [0.1, 0.15) is 51.1 Å². The van der Waals surface area contributed by atoms with E-state index in [2.05, 4.69) is 48.3 Å². The molecule has 1 rings (SSSR count). The standard InChI is InChI=1S/C17H25NO/c1-4-6-8-9-17(18-3)15-10-12-16(13-11-15)19-14-7-5-2/h10-13,17-18H,5,7-9,14H2,1-3H3. The Hall–Kier alpha value is -1.46. The van der Waals surface area contributed by atoms with Gasteiger partial charge in [0.2, 0.25) is 0 Å². The molecule has 0 heterocycles. The topological polar surface area (TPSA) is 21.3 Å². The number of hydrogen-bond donors (Lipinski definition) is 1. The van der Waals surface area contributed by atoms with Gasteiger partial charge in [0.15, 0.2) is 0 Å². The molecule has 2 heteroatoms. The summed E-state index contributed by atoms with van der Waals surface area (Å²) in [5, 5.41) is 3.34. The SMILES string of the molecule is CC#CCCC(NC)c1ccc(OCCCC)cc1. The molecule has 0 amide bonds. The largest absolute Gasteiger partial charge is 0.494 e. The van der Waals surface area contributed by atoms with Crippen LogP contribution in [0.3, 0.4) is 0 Å². The number of ether oxygens (including phenoxy) is 1. The van der Waals surface area contributed by atoms with Crippen molar-refractivity contribution in [3.8, 4) is 17.6 Å². The fourth-order valence-corrected chi connectivity index (χ4v) is 1.95. The summed E-state index contributed by atoms with van der Waals surface area (Å²) in [5.41, 5.74) is 1.29. The van der Waals surface area contributed by atoms with E-state index < -0.39 is 0 Å². The van der Waals surface area contributed by atoms with Gasteiger partial charge in [0.1, 0.15) is 5.75 Å². The lowest BCUT2D eigenvalue weighted by Crippen LogP contribution is -2.16. The van der Waals surface area contributed by atoms with Gasteiger partial charge in [0.25, 0.3) is 0 Å². The molecule has 0 aliphatic carbocycles. The molecule has 0 saturated heterocycles. The molecule has 1 atom stereocenters. The van der Waals surface area contributed by atoms with Gasteiger partial charge in [0, 0.05) is 12.5 Å². The van der Waals surface area contributed by atoms with Crippen LogP contribution in [-0.4, -0.2) is 13.7 Å². The minimum absolute atomic E-state index is 0.366. The van der Waals surface area contributed by atoms with E-state index >= 15 is 0 Å². The Bertz CT molecular complexity index is 400. The second-order valence-corrected chi connectivity index (χ2v) is 4.58.